The largest absolute Gasteiger partial charge is 0.458 e. The van der Waals surface area contributed by atoms with Crippen LogP contribution in [0.1, 0.15) is 17.3 Å². The average molecular weight is 236 g/mol. The molecule has 48 valence electrons. The van der Waals surface area contributed by atoms with Crippen molar-refractivity contribution in [2.45, 2.75) is 6.92 Å². The number of halogens is 1. The van der Waals surface area contributed by atoms with Gasteiger partial charge < -0.3 is 4.42 Å². The Morgan fingerprint density at radius 3 is 2.67 bits per heavy atom. The van der Waals surface area contributed by atoms with E-state index in [2.05, 4.69) is 0 Å². The van der Waals surface area contributed by atoms with Crippen molar-refractivity contribution in [3.05, 3.63) is 21.7 Å². The number of hydrogen-bond acceptors (Lipinski definition) is 2. The summed E-state index contributed by atoms with van der Waals surface area (Å²) in [7, 11) is 0. The molecule has 1 heterocycles. The molecule has 0 aliphatic carbocycles. The zero-order valence-electron chi connectivity index (χ0n) is 4.85. The summed E-state index contributed by atoms with van der Waals surface area (Å²) >= 11 is 2.02. The molecular formula is C6H5IO2. The molecule has 0 aliphatic heterocycles. The molecule has 0 fully saturated rings. The zero-order chi connectivity index (χ0) is 6.85. The van der Waals surface area contributed by atoms with E-state index in [1.54, 1.807) is 6.07 Å². The van der Waals surface area contributed by atoms with E-state index < -0.39 is 0 Å². The van der Waals surface area contributed by atoms with E-state index in [4.69, 9.17) is 4.42 Å². The van der Waals surface area contributed by atoms with Gasteiger partial charge in [0.2, 0.25) is 0 Å². The van der Waals surface area contributed by atoms with Crippen LogP contribution in [0.4, 0.5) is 0 Å². The van der Waals surface area contributed by atoms with Crippen molar-refractivity contribution in [1.82, 2.24) is 0 Å². The molecule has 9 heavy (non-hydrogen) atoms. The lowest BCUT2D eigenvalue weighted by atomic mass is 10.2. The highest BCUT2D eigenvalue weighted by Crippen LogP contribution is 2.09. The molecule has 1 rings (SSSR count). The van der Waals surface area contributed by atoms with Gasteiger partial charge in [-0.15, -0.1) is 0 Å². The fourth-order valence-corrected chi connectivity index (χ4v) is 0.957. The molecule has 0 bridgehead atoms. The second-order valence-corrected chi connectivity index (χ2v) is 2.76. The molecule has 1 aromatic heterocycles. The summed E-state index contributed by atoms with van der Waals surface area (Å²) < 4.78 is 5.64. The lowest BCUT2D eigenvalue weighted by molar-refractivity contribution is 0.101. The van der Waals surface area contributed by atoms with Crippen LogP contribution < -0.4 is 0 Å². The Kier molecular flexibility index (Phi) is 1.90. The van der Waals surface area contributed by atoms with Gasteiger partial charge in [0.25, 0.3) is 0 Å². The van der Waals surface area contributed by atoms with Crippen molar-refractivity contribution in [1.29, 1.82) is 0 Å². The van der Waals surface area contributed by atoms with Crippen molar-refractivity contribution >= 4 is 28.4 Å². The Morgan fingerprint density at radius 1 is 1.78 bits per heavy atom. The maximum Gasteiger partial charge on any atom is 0.164 e. The minimum atomic E-state index is 0.0432. The minimum absolute atomic E-state index is 0.0432. The van der Waals surface area contributed by atoms with E-state index in [1.807, 2.05) is 22.6 Å². The summed E-state index contributed by atoms with van der Waals surface area (Å²) in [5, 5.41) is 0. The topological polar surface area (TPSA) is 30.2 Å². The summed E-state index contributed by atoms with van der Waals surface area (Å²) in [6.45, 7) is 1.51. The van der Waals surface area contributed by atoms with Crippen LogP contribution >= 0.6 is 22.6 Å². The molecule has 0 saturated carbocycles. The number of hydrogen-bond donors (Lipinski definition) is 0. The Morgan fingerprint density at radius 2 is 2.44 bits per heavy atom. The third kappa shape index (κ3) is 1.54. The maximum atomic E-state index is 10.6. The smallest absolute Gasteiger partial charge is 0.164 e. The van der Waals surface area contributed by atoms with Gasteiger partial charge in [-0.05, 0) is 29.5 Å². The second-order valence-electron chi connectivity index (χ2n) is 1.70. The summed E-state index contributed by atoms with van der Waals surface area (Å²) in [5.74, 6) is 0.0432. The lowest BCUT2D eigenvalue weighted by Crippen LogP contribution is -1.85. The molecular weight excluding hydrogens is 231 g/mol. The lowest BCUT2D eigenvalue weighted by Gasteiger charge is -1.78. The van der Waals surface area contributed by atoms with E-state index in [9.17, 15) is 4.79 Å². The van der Waals surface area contributed by atoms with E-state index in [-0.39, 0.29) is 5.78 Å². The average Bonchev–Trinajstić information content (AvgIpc) is 2.14. The normalized spacial score (nSPS) is 9.56. The molecule has 0 spiro atoms. The van der Waals surface area contributed by atoms with Gasteiger partial charge in [0.1, 0.15) is 6.26 Å². The van der Waals surface area contributed by atoms with E-state index in [1.165, 1.54) is 13.2 Å². The van der Waals surface area contributed by atoms with Gasteiger partial charge in [0.05, 0.1) is 5.56 Å². The third-order valence-corrected chi connectivity index (χ3v) is 1.54. The van der Waals surface area contributed by atoms with Crippen molar-refractivity contribution < 1.29 is 9.21 Å². The van der Waals surface area contributed by atoms with Gasteiger partial charge >= 0.3 is 0 Å². The first-order valence-electron chi connectivity index (χ1n) is 2.45. The van der Waals surface area contributed by atoms with Crippen LogP contribution in [-0.4, -0.2) is 5.78 Å². The van der Waals surface area contributed by atoms with Crippen LogP contribution in [0.5, 0.6) is 0 Å². The monoisotopic (exact) mass is 236 g/mol. The second kappa shape index (κ2) is 2.51. The van der Waals surface area contributed by atoms with Crippen LogP contribution in [0, 0.1) is 3.77 Å². The Hall–Kier alpha value is -0.320. The number of Topliss-reactive ketones (excluding diaryl/α,β-unsaturated/α-hetero) is 1. The summed E-state index contributed by atoms with van der Waals surface area (Å²) in [6.07, 6.45) is 1.46. The Bertz CT molecular complexity index is 227. The van der Waals surface area contributed by atoms with Crippen LogP contribution in [-0.2, 0) is 0 Å². The predicted octanol–water partition coefficient (Wildman–Crippen LogP) is 2.09. The Labute approximate surface area is 66.4 Å². The van der Waals surface area contributed by atoms with Crippen LogP contribution in [0.25, 0.3) is 0 Å². The number of carbonyl (C=O) groups excluding carboxylic acids is 1. The van der Waals surface area contributed by atoms with Gasteiger partial charge in [-0.1, -0.05) is 0 Å². The van der Waals surface area contributed by atoms with E-state index >= 15 is 0 Å². The first-order chi connectivity index (χ1) is 4.20. The van der Waals surface area contributed by atoms with Gasteiger partial charge in [-0.2, -0.15) is 0 Å². The number of ketones is 1. The number of furan rings is 1. The maximum absolute atomic E-state index is 10.6. The standard InChI is InChI=1S/C6H5IO2/c1-4(8)5-2-6(7)9-3-5/h2-3H,1H3. The van der Waals surface area contributed by atoms with Gasteiger partial charge in [0.15, 0.2) is 9.55 Å². The third-order valence-electron chi connectivity index (χ3n) is 0.974. The highest BCUT2D eigenvalue weighted by Gasteiger charge is 2.01. The number of rotatable bonds is 1. The van der Waals surface area contributed by atoms with Crippen molar-refractivity contribution in [3.63, 3.8) is 0 Å². The molecule has 0 saturated heterocycles. The van der Waals surface area contributed by atoms with Gasteiger partial charge in [-0.3, -0.25) is 4.79 Å². The van der Waals surface area contributed by atoms with Gasteiger partial charge in [0, 0.05) is 6.07 Å². The molecule has 0 unspecified atom stereocenters. The van der Waals surface area contributed by atoms with Crippen molar-refractivity contribution in [2.24, 2.45) is 0 Å². The fraction of sp³-hybridized carbons (Fsp3) is 0.167. The molecule has 0 atom stereocenters. The SMILES string of the molecule is CC(=O)c1coc(I)c1. The van der Waals surface area contributed by atoms with Crippen molar-refractivity contribution in [3.8, 4) is 0 Å². The summed E-state index contributed by atoms with van der Waals surface area (Å²) in [5.41, 5.74) is 0.638. The molecule has 0 aromatic carbocycles. The molecule has 0 aliphatic rings. The summed E-state index contributed by atoms with van der Waals surface area (Å²) in [6, 6.07) is 1.71. The first-order valence-corrected chi connectivity index (χ1v) is 3.53. The molecule has 0 N–H and O–H groups in total. The highest BCUT2D eigenvalue weighted by atomic mass is 127. The zero-order valence-corrected chi connectivity index (χ0v) is 7.01. The van der Waals surface area contributed by atoms with Crippen LogP contribution in [0.2, 0.25) is 0 Å². The predicted molar refractivity (Wildman–Crippen MR) is 41.4 cm³/mol. The number of carbonyl (C=O) groups is 1. The molecule has 3 heteroatoms. The minimum Gasteiger partial charge on any atom is -0.458 e. The summed E-state index contributed by atoms with van der Waals surface area (Å²) in [4.78, 5) is 10.6. The highest BCUT2D eigenvalue weighted by molar-refractivity contribution is 14.1. The molecule has 0 amide bonds. The fourth-order valence-electron chi connectivity index (χ4n) is 0.495. The van der Waals surface area contributed by atoms with Crippen LogP contribution in [0.15, 0.2) is 16.7 Å². The molecule has 2 nitrogen and oxygen atoms in total. The quantitative estimate of drug-likeness (QED) is 0.552. The van der Waals surface area contributed by atoms with Crippen molar-refractivity contribution in [2.75, 3.05) is 0 Å². The Balaban J connectivity index is 2.98. The van der Waals surface area contributed by atoms with Crippen LogP contribution in [0.3, 0.4) is 0 Å². The van der Waals surface area contributed by atoms with E-state index in [0.717, 1.165) is 3.77 Å². The van der Waals surface area contributed by atoms with E-state index in [0.29, 0.717) is 5.56 Å². The van der Waals surface area contributed by atoms with Gasteiger partial charge in [-0.25, -0.2) is 0 Å². The molecule has 0 radical (unpaired) electrons. The first kappa shape index (κ1) is 6.80. The molecule has 1 aromatic rings.